The first-order valence-electron chi connectivity index (χ1n) is 6.14. The first kappa shape index (κ1) is 12.2. The molecule has 4 heteroatoms. The molecule has 20 heavy (non-hydrogen) atoms. The number of fused-ring (bicyclic) bond motifs is 1. The molecule has 0 saturated carbocycles. The van der Waals surface area contributed by atoms with Crippen molar-refractivity contribution in [3.05, 3.63) is 60.4 Å². The van der Waals surface area contributed by atoms with Crippen LogP contribution >= 0.6 is 0 Å². The smallest absolute Gasteiger partial charge is 0.271 e. The van der Waals surface area contributed by atoms with Gasteiger partial charge in [-0.2, -0.15) is 0 Å². The fourth-order valence-electron chi connectivity index (χ4n) is 2.28. The highest BCUT2D eigenvalue weighted by molar-refractivity contribution is 6.05. The monoisotopic (exact) mass is 264 g/mol. The van der Waals surface area contributed by atoms with Crippen LogP contribution in [0.25, 0.3) is 21.9 Å². The number of primary amides is 1. The molecular weight excluding hydrogens is 252 g/mol. The van der Waals surface area contributed by atoms with Gasteiger partial charge < -0.3 is 10.8 Å². The maximum Gasteiger partial charge on any atom is 0.271 e. The van der Waals surface area contributed by atoms with Gasteiger partial charge in [0.2, 0.25) is 0 Å². The summed E-state index contributed by atoms with van der Waals surface area (Å²) in [7, 11) is 0. The summed E-state index contributed by atoms with van der Waals surface area (Å²) in [5.74, 6) is -0.915. The number of carbonyl (C=O) groups is 1. The zero-order valence-corrected chi connectivity index (χ0v) is 10.6. The minimum Gasteiger partial charge on any atom is -0.505 e. The number of hydrogen-bond acceptors (Lipinski definition) is 3. The first-order valence-corrected chi connectivity index (χ1v) is 6.14. The van der Waals surface area contributed by atoms with Crippen molar-refractivity contribution in [3.8, 4) is 16.9 Å². The molecule has 0 radical (unpaired) electrons. The van der Waals surface area contributed by atoms with Crippen molar-refractivity contribution in [2.45, 2.75) is 0 Å². The van der Waals surface area contributed by atoms with Crippen LogP contribution in [0.4, 0.5) is 0 Å². The summed E-state index contributed by atoms with van der Waals surface area (Å²) in [6.07, 6.45) is 1.57. The molecule has 0 aliphatic carbocycles. The third kappa shape index (κ3) is 1.87. The van der Waals surface area contributed by atoms with Gasteiger partial charge in [0.1, 0.15) is 0 Å². The Morgan fingerprint density at radius 3 is 2.45 bits per heavy atom. The van der Waals surface area contributed by atoms with E-state index in [2.05, 4.69) is 4.98 Å². The molecule has 1 amide bonds. The van der Waals surface area contributed by atoms with Gasteiger partial charge in [-0.15, -0.1) is 0 Å². The summed E-state index contributed by atoms with van der Waals surface area (Å²) in [6.45, 7) is 0. The summed E-state index contributed by atoms with van der Waals surface area (Å²) in [5.41, 5.74) is 7.05. The lowest BCUT2D eigenvalue weighted by atomic mass is 9.99. The van der Waals surface area contributed by atoms with Gasteiger partial charge in [0.25, 0.3) is 5.91 Å². The SMILES string of the molecule is NC(=O)c1ncc2c(-c3ccccc3)cccc2c1O. The lowest BCUT2D eigenvalue weighted by molar-refractivity contribution is 0.0993. The molecule has 0 bridgehead atoms. The number of aromatic hydroxyl groups is 1. The first-order chi connectivity index (χ1) is 9.68. The van der Waals surface area contributed by atoms with Gasteiger partial charge in [0.15, 0.2) is 11.4 Å². The lowest BCUT2D eigenvalue weighted by Crippen LogP contribution is -2.13. The molecule has 0 unspecified atom stereocenters. The minimum absolute atomic E-state index is 0.109. The fraction of sp³-hybridized carbons (Fsp3) is 0. The summed E-state index contributed by atoms with van der Waals surface area (Å²) < 4.78 is 0. The van der Waals surface area contributed by atoms with Crippen LogP contribution < -0.4 is 5.73 Å². The molecule has 2 aromatic carbocycles. The number of nitrogens with zero attached hydrogens (tertiary/aromatic N) is 1. The average molecular weight is 264 g/mol. The standard InChI is InChI=1S/C16H12N2O2/c17-16(20)14-15(19)12-8-4-7-11(13(12)9-18-14)10-5-2-1-3-6-10/h1-9,19H,(H2,17,20). The largest absolute Gasteiger partial charge is 0.505 e. The second-order valence-corrected chi connectivity index (χ2v) is 4.45. The minimum atomic E-state index is -0.741. The van der Waals surface area contributed by atoms with E-state index in [-0.39, 0.29) is 11.4 Å². The Balaban J connectivity index is 2.32. The maximum absolute atomic E-state index is 11.2. The van der Waals surface area contributed by atoms with E-state index in [1.54, 1.807) is 12.3 Å². The van der Waals surface area contributed by atoms with E-state index in [4.69, 9.17) is 5.73 Å². The van der Waals surface area contributed by atoms with Crippen LogP contribution in [-0.4, -0.2) is 16.0 Å². The predicted molar refractivity (Wildman–Crippen MR) is 77.4 cm³/mol. The summed E-state index contributed by atoms with van der Waals surface area (Å²) in [5, 5.41) is 11.5. The zero-order chi connectivity index (χ0) is 14.1. The average Bonchev–Trinajstić information content (AvgIpc) is 2.48. The van der Waals surface area contributed by atoms with Crippen molar-refractivity contribution in [2.24, 2.45) is 5.73 Å². The molecule has 3 rings (SSSR count). The highest BCUT2D eigenvalue weighted by Gasteiger charge is 2.14. The van der Waals surface area contributed by atoms with Crippen LogP contribution in [0, 0.1) is 0 Å². The molecule has 0 aliphatic heterocycles. The fourth-order valence-corrected chi connectivity index (χ4v) is 2.28. The molecule has 3 N–H and O–H groups in total. The molecule has 3 aromatic rings. The van der Waals surface area contributed by atoms with Crippen molar-refractivity contribution in [3.63, 3.8) is 0 Å². The highest BCUT2D eigenvalue weighted by atomic mass is 16.3. The topological polar surface area (TPSA) is 76.2 Å². The molecule has 0 aliphatic rings. The van der Waals surface area contributed by atoms with Gasteiger partial charge in [0, 0.05) is 17.0 Å². The van der Waals surface area contributed by atoms with Gasteiger partial charge in [-0.3, -0.25) is 4.79 Å². The third-order valence-corrected chi connectivity index (χ3v) is 3.23. The second kappa shape index (κ2) is 4.66. The molecule has 0 fully saturated rings. The molecule has 0 spiro atoms. The van der Waals surface area contributed by atoms with Crippen LogP contribution in [0.2, 0.25) is 0 Å². The van der Waals surface area contributed by atoms with Crippen LogP contribution in [0.3, 0.4) is 0 Å². The molecule has 0 atom stereocenters. The summed E-state index contributed by atoms with van der Waals surface area (Å²) in [6, 6.07) is 15.3. The molecule has 1 aromatic heterocycles. The van der Waals surface area contributed by atoms with E-state index in [0.717, 1.165) is 16.5 Å². The van der Waals surface area contributed by atoms with E-state index < -0.39 is 5.91 Å². The van der Waals surface area contributed by atoms with Crippen molar-refractivity contribution in [1.29, 1.82) is 0 Å². The van der Waals surface area contributed by atoms with E-state index in [0.29, 0.717) is 5.39 Å². The number of amides is 1. The predicted octanol–water partition coefficient (Wildman–Crippen LogP) is 2.71. The van der Waals surface area contributed by atoms with E-state index in [9.17, 15) is 9.90 Å². The van der Waals surface area contributed by atoms with Gasteiger partial charge in [-0.05, 0) is 11.1 Å². The molecule has 98 valence electrons. The van der Waals surface area contributed by atoms with Crippen molar-refractivity contribution >= 4 is 16.7 Å². The Bertz CT molecular complexity index is 798. The normalized spacial score (nSPS) is 10.6. The highest BCUT2D eigenvalue weighted by Crippen LogP contribution is 2.33. The van der Waals surface area contributed by atoms with Crippen molar-refractivity contribution < 1.29 is 9.90 Å². The molecular formula is C16H12N2O2. The number of hydrogen-bond donors (Lipinski definition) is 2. The van der Waals surface area contributed by atoms with Crippen molar-refractivity contribution in [2.75, 3.05) is 0 Å². The van der Waals surface area contributed by atoms with Gasteiger partial charge in [0.05, 0.1) is 0 Å². The Labute approximate surface area is 115 Å². The number of nitrogens with two attached hydrogens (primary N) is 1. The summed E-state index contributed by atoms with van der Waals surface area (Å²) in [4.78, 5) is 15.2. The van der Waals surface area contributed by atoms with E-state index in [1.165, 1.54) is 0 Å². The molecule has 1 heterocycles. The van der Waals surface area contributed by atoms with Crippen LogP contribution in [0.5, 0.6) is 5.75 Å². The zero-order valence-electron chi connectivity index (χ0n) is 10.6. The number of aromatic nitrogens is 1. The Kier molecular flexibility index (Phi) is 2.84. The van der Waals surface area contributed by atoms with Crippen molar-refractivity contribution in [1.82, 2.24) is 4.98 Å². The maximum atomic E-state index is 11.2. The van der Waals surface area contributed by atoms with Crippen LogP contribution in [-0.2, 0) is 0 Å². The summed E-state index contributed by atoms with van der Waals surface area (Å²) >= 11 is 0. The van der Waals surface area contributed by atoms with Crippen LogP contribution in [0.1, 0.15) is 10.5 Å². The molecule has 0 saturated heterocycles. The Morgan fingerprint density at radius 1 is 1.00 bits per heavy atom. The number of pyridine rings is 1. The van der Waals surface area contributed by atoms with Crippen LogP contribution in [0.15, 0.2) is 54.7 Å². The Morgan fingerprint density at radius 2 is 1.75 bits per heavy atom. The van der Waals surface area contributed by atoms with Gasteiger partial charge in [-0.25, -0.2) is 4.98 Å². The van der Waals surface area contributed by atoms with Gasteiger partial charge in [-0.1, -0.05) is 48.5 Å². The Hall–Kier alpha value is -2.88. The second-order valence-electron chi connectivity index (χ2n) is 4.45. The number of rotatable bonds is 2. The van der Waals surface area contributed by atoms with E-state index in [1.807, 2.05) is 42.5 Å². The van der Waals surface area contributed by atoms with Gasteiger partial charge >= 0.3 is 0 Å². The lowest BCUT2D eigenvalue weighted by Gasteiger charge is -2.09. The number of benzene rings is 2. The molecule has 4 nitrogen and oxygen atoms in total. The number of carbonyl (C=O) groups excluding carboxylic acids is 1. The van der Waals surface area contributed by atoms with E-state index >= 15 is 0 Å². The quantitative estimate of drug-likeness (QED) is 0.747. The third-order valence-electron chi connectivity index (χ3n) is 3.23.